The van der Waals surface area contributed by atoms with E-state index in [1.807, 2.05) is 0 Å². The summed E-state index contributed by atoms with van der Waals surface area (Å²) in [5.74, 6) is -1.72. The van der Waals surface area contributed by atoms with Crippen molar-refractivity contribution in [3.8, 4) is 0 Å². The van der Waals surface area contributed by atoms with Crippen LogP contribution in [0.2, 0.25) is 0 Å². The molecule has 0 rings (SSSR count). The van der Waals surface area contributed by atoms with Gasteiger partial charge in [-0.25, -0.2) is 0 Å². The molecule has 0 fully saturated rings. The summed E-state index contributed by atoms with van der Waals surface area (Å²) < 4.78 is 15.2. The van der Waals surface area contributed by atoms with Crippen molar-refractivity contribution >= 4 is 7.60 Å². The van der Waals surface area contributed by atoms with Crippen LogP contribution in [0.1, 0.15) is 13.8 Å². The second-order valence-electron chi connectivity index (χ2n) is 2.14. The summed E-state index contributed by atoms with van der Waals surface area (Å²) >= 11 is 0. The summed E-state index contributed by atoms with van der Waals surface area (Å²) in [6.45, 7) is 2.77. The van der Waals surface area contributed by atoms with E-state index < -0.39 is 19.5 Å². The first-order valence-corrected chi connectivity index (χ1v) is 4.89. The molecule has 0 aromatic carbocycles. The summed E-state index contributed by atoms with van der Waals surface area (Å²) in [5, 5.41) is 17.6. The summed E-state index contributed by atoms with van der Waals surface area (Å²) in [5.41, 5.74) is 0. The third kappa shape index (κ3) is 3.31. The Morgan fingerprint density at radius 1 is 1.55 bits per heavy atom. The maximum Gasteiger partial charge on any atom is 0.358 e. The van der Waals surface area contributed by atoms with Gasteiger partial charge in [0, 0.05) is 0 Å². The van der Waals surface area contributed by atoms with Crippen LogP contribution >= 0.6 is 7.60 Å². The highest BCUT2D eigenvalue weighted by Gasteiger charge is 2.33. The maximum absolute atomic E-state index is 10.9. The van der Waals surface area contributed by atoms with Gasteiger partial charge < -0.3 is 19.6 Å². The summed E-state index contributed by atoms with van der Waals surface area (Å²) in [6.07, 6.45) is -1.27. The fourth-order valence-electron chi connectivity index (χ4n) is 0.534. The molecular formula is C5H13O5P. The Morgan fingerprint density at radius 2 is 2.00 bits per heavy atom. The molecule has 11 heavy (non-hydrogen) atoms. The fraction of sp³-hybridized carbons (Fsp3) is 1.00. The normalized spacial score (nSPS) is 22.3. The molecule has 0 saturated heterocycles. The largest absolute Gasteiger partial charge is 0.390 e. The lowest BCUT2D eigenvalue weighted by Gasteiger charge is -2.18. The molecular weight excluding hydrogens is 171 g/mol. The Kier molecular flexibility index (Phi) is 4.21. The second kappa shape index (κ2) is 4.18. The van der Waals surface area contributed by atoms with Crippen LogP contribution in [-0.2, 0) is 9.09 Å². The van der Waals surface area contributed by atoms with Crippen molar-refractivity contribution in [3.63, 3.8) is 0 Å². The number of aliphatic hydroxyl groups excluding tert-OH is 2. The Hall–Kier alpha value is 0.0700. The summed E-state index contributed by atoms with van der Waals surface area (Å²) in [4.78, 5) is 8.88. The standard InChI is InChI=1S/C5H13O5P/c1-3-10-11(8,9)5(7)4(2)6/h4-7H,3H2,1-2H3,(H,8,9). The first-order valence-electron chi connectivity index (χ1n) is 3.25. The van der Waals surface area contributed by atoms with Gasteiger partial charge in [0.05, 0.1) is 12.7 Å². The average Bonchev–Trinajstić information content (AvgIpc) is 1.86. The summed E-state index contributed by atoms with van der Waals surface area (Å²) in [7, 11) is -4.03. The van der Waals surface area contributed by atoms with E-state index in [4.69, 9.17) is 15.1 Å². The molecule has 0 spiro atoms. The topological polar surface area (TPSA) is 87.0 Å². The highest BCUT2D eigenvalue weighted by Crippen LogP contribution is 2.47. The van der Waals surface area contributed by atoms with Crippen LogP contribution in [0.4, 0.5) is 0 Å². The third-order valence-electron chi connectivity index (χ3n) is 1.08. The zero-order chi connectivity index (χ0) is 9.07. The molecule has 0 aliphatic rings. The van der Waals surface area contributed by atoms with E-state index >= 15 is 0 Å². The minimum absolute atomic E-state index is 0.0254. The van der Waals surface area contributed by atoms with Crippen LogP contribution in [-0.4, -0.2) is 33.7 Å². The minimum Gasteiger partial charge on any atom is -0.390 e. The molecule has 0 bridgehead atoms. The van der Waals surface area contributed by atoms with E-state index in [1.54, 1.807) is 0 Å². The van der Waals surface area contributed by atoms with Crippen LogP contribution in [0.3, 0.4) is 0 Å². The monoisotopic (exact) mass is 184 g/mol. The molecule has 0 saturated carbocycles. The Balaban J connectivity index is 4.18. The maximum atomic E-state index is 10.9. The lowest BCUT2D eigenvalue weighted by Crippen LogP contribution is -2.23. The lowest BCUT2D eigenvalue weighted by molar-refractivity contribution is 0.0584. The predicted molar refractivity (Wildman–Crippen MR) is 39.1 cm³/mol. The Bertz CT molecular complexity index is 157. The van der Waals surface area contributed by atoms with Gasteiger partial charge in [0.15, 0.2) is 5.85 Å². The molecule has 6 heteroatoms. The Labute approximate surface area is 65.2 Å². The molecule has 3 atom stereocenters. The minimum atomic E-state index is -4.03. The first-order chi connectivity index (χ1) is 4.91. The predicted octanol–water partition coefficient (Wildman–Crippen LogP) is -0.0925. The molecule has 0 heterocycles. The third-order valence-corrected chi connectivity index (χ3v) is 2.81. The molecule has 5 nitrogen and oxygen atoms in total. The quantitative estimate of drug-likeness (QED) is 0.531. The van der Waals surface area contributed by atoms with Gasteiger partial charge in [-0.2, -0.15) is 0 Å². The zero-order valence-electron chi connectivity index (χ0n) is 6.47. The van der Waals surface area contributed by atoms with Gasteiger partial charge in [-0.3, -0.25) is 4.57 Å². The van der Waals surface area contributed by atoms with Crippen molar-refractivity contribution in [1.82, 2.24) is 0 Å². The van der Waals surface area contributed by atoms with Crippen molar-refractivity contribution in [2.24, 2.45) is 0 Å². The van der Waals surface area contributed by atoms with Gasteiger partial charge in [0.1, 0.15) is 0 Å². The zero-order valence-corrected chi connectivity index (χ0v) is 7.36. The van der Waals surface area contributed by atoms with Gasteiger partial charge in [0.25, 0.3) is 0 Å². The molecule has 0 radical (unpaired) electrons. The summed E-state index contributed by atoms with van der Waals surface area (Å²) in [6, 6.07) is 0. The van der Waals surface area contributed by atoms with Crippen molar-refractivity contribution < 1.29 is 24.2 Å². The molecule has 0 aromatic rings. The SMILES string of the molecule is CCOP(=O)(O)C(O)C(C)O. The first kappa shape index (κ1) is 11.1. The van der Waals surface area contributed by atoms with Crippen molar-refractivity contribution in [3.05, 3.63) is 0 Å². The van der Waals surface area contributed by atoms with E-state index in [-0.39, 0.29) is 6.61 Å². The molecule has 68 valence electrons. The van der Waals surface area contributed by atoms with E-state index in [2.05, 4.69) is 4.52 Å². The van der Waals surface area contributed by atoms with Crippen molar-refractivity contribution in [2.75, 3.05) is 6.61 Å². The van der Waals surface area contributed by atoms with Crippen molar-refractivity contribution in [1.29, 1.82) is 0 Å². The van der Waals surface area contributed by atoms with Gasteiger partial charge in [0.2, 0.25) is 0 Å². The molecule has 3 N–H and O–H groups in total. The number of hydrogen-bond acceptors (Lipinski definition) is 4. The van der Waals surface area contributed by atoms with Crippen LogP contribution in [0.15, 0.2) is 0 Å². The van der Waals surface area contributed by atoms with Crippen LogP contribution in [0.25, 0.3) is 0 Å². The fourth-order valence-corrected chi connectivity index (χ4v) is 1.60. The number of rotatable bonds is 4. The second-order valence-corrected chi connectivity index (χ2v) is 4.05. The molecule has 0 amide bonds. The molecule has 0 aliphatic carbocycles. The number of hydrogen-bond donors (Lipinski definition) is 3. The highest BCUT2D eigenvalue weighted by molar-refractivity contribution is 7.53. The smallest absolute Gasteiger partial charge is 0.358 e. The van der Waals surface area contributed by atoms with Gasteiger partial charge in [-0.1, -0.05) is 0 Å². The molecule has 0 aromatic heterocycles. The highest BCUT2D eigenvalue weighted by atomic mass is 31.2. The lowest BCUT2D eigenvalue weighted by atomic mass is 10.4. The van der Waals surface area contributed by atoms with E-state index in [0.717, 1.165) is 0 Å². The molecule has 0 aliphatic heterocycles. The van der Waals surface area contributed by atoms with E-state index in [1.165, 1.54) is 13.8 Å². The van der Waals surface area contributed by atoms with E-state index in [9.17, 15) is 4.57 Å². The van der Waals surface area contributed by atoms with E-state index in [0.29, 0.717) is 0 Å². The van der Waals surface area contributed by atoms with Crippen LogP contribution in [0, 0.1) is 0 Å². The van der Waals surface area contributed by atoms with Crippen molar-refractivity contribution in [2.45, 2.75) is 25.8 Å². The van der Waals surface area contributed by atoms with Crippen LogP contribution in [0.5, 0.6) is 0 Å². The average molecular weight is 184 g/mol. The van der Waals surface area contributed by atoms with Gasteiger partial charge in [-0.05, 0) is 13.8 Å². The van der Waals surface area contributed by atoms with Crippen LogP contribution < -0.4 is 0 Å². The number of aliphatic hydroxyl groups is 2. The Morgan fingerprint density at radius 3 is 2.27 bits per heavy atom. The van der Waals surface area contributed by atoms with Gasteiger partial charge >= 0.3 is 7.60 Å². The molecule has 3 unspecified atom stereocenters. The van der Waals surface area contributed by atoms with Gasteiger partial charge in [-0.15, -0.1) is 0 Å².